The summed E-state index contributed by atoms with van der Waals surface area (Å²) in [7, 11) is -3.95. The summed E-state index contributed by atoms with van der Waals surface area (Å²) >= 11 is 0. The Morgan fingerprint density at radius 2 is 1.58 bits per heavy atom. The van der Waals surface area contributed by atoms with Crippen LogP contribution in [0.1, 0.15) is 12.5 Å². The highest BCUT2D eigenvalue weighted by molar-refractivity contribution is 7.89. The van der Waals surface area contributed by atoms with Crippen LogP contribution in [0.5, 0.6) is 0 Å². The van der Waals surface area contributed by atoms with Gasteiger partial charge in [-0.1, -0.05) is 42.5 Å². The molecule has 2 saturated heterocycles. The van der Waals surface area contributed by atoms with E-state index in [0.29, 0.717) is 18.7 Å². The molecule has 0 aromatic heterocycles. The number of hydrogen-bond donors (Lipinski definition) is 1. The quantitative estimate of drug-likeness (QED) is 0.704. The predicted octanol–water partition coefficient (Wildman–Crippen LogP) is 1.56. The number of rotatable bonds is 5. The fourth-order valence-corrected chi connectivity index (χ4v) is 5.38. The largest absolute Gasteiger partial charge is 0.326 e. The number of hydrogen-bond acceptors (Lipinski definition) is 5. The number of nitrogens with zero attached hydrogens (tertiary/aromatic N) is 3. The van der Waals surface area contributed by atoms with Crippen molar-refractivity contribution >= 4 is 22.0 Å². The molecule has 2 aliphatic rings. The summed E-state index contributed by atoms with van der Waals surface area (Å²) in [5.74, 6) is -1.14. The fraction of sp³-hybridized carbons (Fsp3) is 0.333. The van der Waals surface area contributed by atoms with Gasteiger partial charge in [-0.05, 0) is 24.6 Å². The van der Waals surface area contributed by atoms with Crippen LogP contribution in [0.4, 0.5) is 9.18 Å². The van der Waals surface area contributed by atoms with Crippen molar-refractivity contribution in [1.29, 1.82) is 0 Å². The van der Waals surface area contributed by atoms with E-state index in [-0.39, 0.29) is 30.6 Å². The molecule has 0 bridgehead atoms. The van der Waals surface area contributed by atoms with Crippen LogP contribution >= 0.6 is 0 Å². The summed E-state index contributed by atoms with van der Waals surface area (Å²) in [5, 5.41) is 2.76. The molecule has 2 heterocycles. The zero-order chi connectivity index (χ0) is 22.2. The molecular formula is C21H23FN4O4S. The molecule has 2 aliphatic heterocycles. The van der Waals surface area contributed by atoms with Gasteiger partial charge in [-0.25, -0.2) is 22.5 Å². The maximum Gasteiger partial charge on any atom is 0.326 e. The zero-order valence-corrected chi connectivity index (χ0v) is 17.8. The predicted molar refractivity (Wildman–Crippen MR) is 111 cm³/mol. The molecule has 1 N–H and O–H groups in total. The van der Waals surface area contributed by atoms with E-state index in [0.717, 1.165) is 11.0 Å². The molecule has 31 heavy (non-hydrogen) atoms. The van der Waals surface area contributed by atoms with Gasteiger partial charge in [0.15, 0.2) is 0 Å². The topological polar surface area (TPSA) is 90.0 Å². The van der Waals surface area contributed by atoms with Crippen molar-refractivity contribution < 1.29 is 22.4 Å². The molecule has 0 aliphatic carbocycles. The van der Waals surface area contributed by atoms with Gasteiger partial charge in [0.2, 0.25) is 10.0 Å². The van der Waals surface area contributed by atoms with Crippen LogP contribution in [0.15, 0.2) is 59.5 Å². The van der Waals surface area contributed by atoms with E-state index in [1.54, 1.807) is 31.2 Å². The zero-order valence-electron chi connectivity index (χ0n) is 17.0. The molecule has 0 unspecified atom stereocenters. The minimum atomic E-state index is -3.95. The first-order valence-electron chi connectivity index (χ1n) is 9.90. The van der Waals surface area contributed by atoms with Crippen LogP contribution in [0.2, 0.25) is 0 Å². The maximum atomic E-state index is 14.0. The molecule has 8 nitrogen and oxygen atoms in total. The number of halogens is 1. The number of piperazine rings is 1. The number of nitrogens with one attached hydrogen (secondary N) is 1. The Labute approximate surface area is 180 Å². The SMILES string of the molecule is C[C@]1(c2ccccc2)NC(=O)N(CN2CCN(S(=O)(=O)c3ccccc3F)CC2)C1=O. The van der Waals surface area contributed by atoms with Crippen LogP contribution < -0.4 is 5.32 Å². The third-order valence-electron chi connectivity index (χ3n) is 5.75. The van der Waals surface area contributed by atoms with Crippen molar-refractivity contribution in [3.05, 3.63) is 66.0 Å². The Bertz CT molecular complexity index is 1100. The van der Waals surface area contributed by atoms with E-state index in [2.05, 4.69) is 5.32 Å². The van der Waals surface area contributed by atoms with Crippen molar-refractivity contribution in [3.8, 4) is 0 Å². The monoisotopic (exact) mass is 446 g/mol. The Hall–Kier alpha value is -2.82. The summed E-state index contributed by atoms with van der Waals surface area (Å²) in [6.07, 6.45) is 0. The van der Waals surface area contributed by atoms with E-state index in [1.165, 1.54) is 22.5 Å². The number of urea groups is 1. The molecule has 4 rings (SSSR count). The normalized spacial score (nSPS) is 23.2. The lowest BCUT2D eigenvalue weighted by Crippen LogP contribution is -2.52. The molecule has 0 saturated carbocycles. The van der Waals surface area contributed by atoms with Gasteiger partial charge in [-0.2, -0.15) is 4.31 Å². The summed E-state index contributed by atoms with van der Waals surface area (Å²) in [6, 6.07) is 13.8. The van der Waals surface area contributed by atoms with E-state index in [9.17, 15) is 22.4 Å². The van der Waals surface area contributed by atoms with Crippen molar-refractivity contribution in [2.24, 2.45) is 0 Å². The van der Waals surface area contributed by atoms with E-state index in [1.807, 2.05) is 11.0 Å². The van der Waals surface area contributed by atoms with Gasteiger partial charge in [0.05, 0.1) is 6.67 Å². The summed E-state index contributed by atoms with van der Waals surface area (Å²) < 4.78 is 40.7. The van der Waals surface area contributed by atoms with E-state index >= 15 is 0 Å². The van der Waals surface area contributed by atoms with Crippen LogP contribution in [-0.2, 0) is 20.4 Å². The average Bonchev–Trinajstić information content (AvgIpc) is 2.99. The Morgan fingerprint density at radius 3 is 2.23 bits per heavy atom. The van der Waals surface area contributed by atoms with Crippen molar-refractivity contribution in [2.45, 2.75) is 17.4 Å². The van der Waals surface area contributed by atoms with Crippen LogP contribution in [0.3, 0.4) is 0 Å². The standard InChI is InChI=1S/C21H23FN4O4S/c1-21(16-7-3-2-4-8-16)19(27)26(20(28)23-21)15-24-11-13-25(14-12-24)31(29,30)18-10-6-5-9-17(18)22/h2-10H,11-15H2,1H3,(H,23,28)/t21-/m1/s1. The summed E-state index contributed by atoms with van der Waals surface area (Å²) in [6.45, 7) is 2.62. The minimum absolute atomic E-state index is 0.0562. The fourth-order valence-electron chi connectivity index (χ4n) is 3.90. The maximum absolute atomic E-state index is 14.0. The third-order valence-corrected chi connectivity index (χ3v) is 7.69. The van der Waals surface area contributed by atoms with Crippen LogP contribution in [0, 0.1) is 5.82 Å². The van der Waals surface area contributed by atoms with Crippen molar-refractivity contribution in [1.82, 2.24) is 19.4 Å². The number of sulfonamides is 1. The Balaban J connectivity index is 1.42. The lowest BCUT2D eigenvalue weighted by molar-refractivity contribution is -0.132. The molecule has 0 radical (unpaired) electrons. The Kier molecular flexibility index (Phi) is 5.54. The second-order valence-corrected chi connectivity index (χ2v) is 9.65. The summed E-state index contributed by atoms with van der Waals surface area (Å²) in [5.41, 5.74) is -0.453. The van der Waals surface area contributed by atoms with Gasteiger partial charge in [-0.3, -0.25) is 9.69 Å². The number of carbonyl (C=O) groups excluding carboxylic acids is 2. The van der Waals surface area contributed by atoms with Gasteiger partial charge in [0.25, 0.3) is 5.91 Å². The smallest absolute Gasteiger partial charge is 0.319 e. The first-order valence-corrected chi connectivity index (χ1v) is 11.3. The third kappa shape index (κ3) is 3.82. The van der Waals surface area contributed by atoms with Crippen molar-refractivity contribution in [3.63, 3.8) is 0 Å². The van der Waals surface area contributed by atoms with Gasteiger partial charge in [-0.15, -0.1) is 0 Å². The lowest BCUT2D eigenvalue weighted by atomic mass is 9.92. The molecule has 2 aromatic rings. The summed E-state index contributed by atoms with van der Waals surface area (Å²) in [4.78, 5) is 28.2. The van der Waals surface area contributed by atoms with Gasteiger partial charge in [0.1, 0.15) is 16.3 Å². The van der Waals surface area contributed by atoms with E-state index in [4.69, 9.17) is 0 Å². The number of carbonyl (C=O) groups is 2. The molecule has 0 spiro atoms. The van der Waals surface area contributed by atoms with Gasteiger partial charge in [0, 0.05) is 26.2 Å². The molecule has 3 amide bonds. The second-order valence-electron chi connectivity index (χ2n) is 7.75. The number of amides is 3. The minimum Gasteiger partial charge on any atom is -0.319 e. The van der Waals surface area contributed by atoms with Crippen molar-refractivity contribution in [2.75, 3.05) is 32.8 Å². The average molecular weight is 447 g/mol. The highest BCUT2D eigenvalue weighted by Crippen LogP contribution is 2.29. The van der Waals surface area contributed by atoms with Gasteiger partial charge < -0.3 is 5.32 Å². The molecule has 2 aromatic carbocycles. The van der Waals surface area contributed by atoms with Crippen LogP contribution in [0.25, 0.3) is 0 Å². The Morgan fingerprint density at radius 1 is 0.968 bits per heavy atom. The highest BCUT2D eigenvalue weighted by Gasteiger charge is 2.49. The van der Waals surface area contributed by atoms with Crippen LogP contribution in [-0.4, -0.2) is 67.3 Å². The number of imide groups is 1. The molecule has 10 heteroatoms. The lowest BCUT2D eigenvalue weighted by Gasteiger charge is -2.35. The molecule has 2 fully saturated rings. The molecule has 164 valence electrons. The highest BCUT2D eigenvalue weighted by atomic mass is 32.2. The van der Waals surface area contributed by atoms with E-state index < -0.39 is 27.4 Å². The first-order chi connectivity index (χ1) is 14.7. The number of benzene rings is 2. The molecular weight excluding hydrogens is 423 g/mol. The molecule has 1 atom stereocenters. The first kappa shape index (κ1) is 21.4. The second kappa shape index (κ2) is 8.03. The van der Waals surface area contributed by atoms with Gasteiger partial charge >= 0.3 is 6.03 Å².